The van der Waals surface area contributed by atoms with E-state index in [1.165, 1.54) is 6.07 Å². The first kappa shape index (κ1) is 18.2. The molecule has 3 aromatic rings. The maximum Gasteiger partial charge on any atom is 0.227 e. The maximum atomic E-state index is 13.2. The molecule has 0 fully saturated rings. The fourth-order valence-corrected chi connectivity index (χ4v) is 2.75. The van der Waals surface area contributed by atoms with E-state index in [1.54, 1.807) is 36.7 Å². The van der Waals surface area contributed by atoms with Crippen LogP contribution >= 0.6 is 15.9 Å². The number of carbonyl (C=O) groups excluding carboxylic acids is 1. The summed E-state index contributed by atoms with van der Waals surface area (Å²) in [6.45, 7) is 0.475. The predicted molar refractivity (Wildman–Crippen MR) is 96.7 cm³/mol. The van der Waals surface area contributed by atoms with E-state index >= 15 is 0 Å². The number of benzene rings is 1. The van der Waals surface area contributed by atoms with Gasteiger partial charge in [-0.1, -0.05) is 11.2 Å². The van der Waals surface area contributed by atoms with Gasteiger partial charge in [0.05, 0.1) is 4.47 Å². The molecular formula is C18H16BrFN4O2. The molecule has 1 N–H and O–H groups in total. The van der Waals surface area contributed by atoms with Crippen LogP contribution in [0.15, 0.2) is 51.7 Å². The first-order valence-corrected chi connectivity index (χ1v) is 8.85. The summed E-state index contributed by atoms with van der Waals surface area (Å²) in [5.41, 5.74) is 1.75. The molecule has 0 atom stereocenters. The summed E-state index contributed by atoms with van der Waals surface area (Å²) in [6.07, 6.45) is 4.55. The van der Waals surface area contributed by atoms with Crippen LogP contribution in [0.25, 0.3) is 11.4 Å². The second-order valence-corrected chi connectivity index (χ2v) is 6.45. The largest absolute Gasteiger partial charge is 0.356 e. The summed E-state index contributed by atoms with van der Waals surface area (Å²) in [5, 5.41) is 6.73. The number of halogens is 2. The van der Waals surface area contributed by atoms with Crippen LogP contribution in [0.4, 0.5) is 4.39 Å². The van der Waals surface area contributed by atoms with Crippen molar-refractivity contribution in [3.05, 3.63) is 64.5 Å². The lowest BCUT2D eigenvalue weighted by Gasteiger charge is -2.05. The van der Waals surface area contributed by atoms with Crippen LogP contribution in [0.3, 0.4) is 0 Å². The monoisotopic (exact) mass is 418 g/mol. The van der Waals surface area contributed by atoms with Crippen molar-refractivity contribution in [2.75, 3.05) is 6.54 Å². The number of amides is 1. The molecule has 0 radical (unpaired) electrons. The highest BCUT2D eigenvalue weighted by molar-refractivity contribution is 9.10. The normalized spacial score (nSPS) is 10.7. The molecule has 0 spiro atoms. The third-order valence-corrected chi connectivity index (χ3v) is 4.30. The molecule has 0 aliphatic heterocycles. The molecule has 134 valence electrons. The molecule has 6 nitrogen and oxygen atoms in total. The van der Waals surface area contributed by atoms with E-state index in [0.29, 0.717) is 35.6 Å². The smallest absolute Gasteiger partial charge is 0.227 e. The maximum absolute atomic E-state index is 13.2. The minimum absolute atomic E-state index is 0.102. The molecule has 2 heterocycles. The average Bonchev–Trinajstić information content (AvgIpc) is 3.13. The van der Waals surface area contributed by atoms with Crippen LogP contribution in [0.2, 0.25) is 0 Å². The highest BCUT2D eigenvalue weighted by Gasteiger charge is 2.10. The van der Waals surface area contributed by atoms with Gasteiger partial charge >= 0.3 is 0 Å². The highest BCUT2D eigenvalue weighted by atomic mass is 79.9. The van der Waals surface area contributed by atoms with Gasteiger partial charge in [-0.25, -0.2) is 4.39 Å². The zero-order valence-corrected chi connectivity index (χ0v) is 15.4. The minimum Gasteiger partial charge on any atom is -0.356 e. The molecule has 0 aliphatic rings. The number of aromatic nitrogens is 3. The van der Waals surface area contributed by atoms with Gasteiger partial charge in [0.15, 0.2) is 0 Å². The van der Waals surface area contributed by atoms with Crippen LogP contribution in [0, 0.1) is 5.82 Å². The fourth-order valence-electron chi connectivity index (χ4n) is 2.32. The van der Waals surface area contributed by atoms with Crippen LogP contribution in [-0.2, 0) is 17.6 Å². The SMILES string of the molecule is O=C(CCc1nc(-c2ccncc2)no1)NCCc1ccc(F)c(Br)c1. The molecule has 2 aromatic heterocycles. The second kappa shape index (κ2) is 8.66. The van der Waals surface area contributed by atoms with E-state index in [4.69, 9.17) is 4.52 Å². The number of hydrogen-bond acceptors (Lipinski definition) is 5. The molecule has 8 heteroatoms. The average molecular weight is 419 g/mol. The Bertz CT molecular complexity index is 886. The van der Waals surface area contributed by atoms with E-state index in [-0.39, 0.29) is 18.1 Å². The lowest BCUT2D eigenvalue weighted by atomic mass is 10.1. The number of nitrogens with one attached hydrogen (secondary N) is 1. The summed E-state index contributed by atoms with van der Waals surface area (Å²) < 4.78 is 18.8. The van der Waals surface area contributed by atoms with Gasteiger partial charge in [0.1, 0.15) is 5.82 Å². The van der Waals surface area contributed by atoms with Crippen molar-refractivity contribution in [1.82, 2.24) is 20.4 Å². The summed E-state index contributed by atoms with van der Waals surface area (Å²) >= 11 is 3.15. The minimum atomic E-state index is -0.302. The van der Waals surface area contributed by atoms with Crippen molar-refractivity contribution in [3.63, 3.8) is 0 Å². The summed E-state index contributed by atoms with van der Waals surface area (Å²) in [6, 6.07) is 8.38. The topological polar surface area (TPSA) is 80.9 Å². The van der Waals surface area contributed by atoms with Crippen molar-refractivity contribution < 1.29 is 13.7 Å². The zero-order valence-electron chi connectivity index (χ0n) is 13.8. The number of rotatable bonds is 7. The first-order chi connectivity index (χ1) is 12.6. The number of carbonyl (C=O) groups is 1. The fraction of sp³-hybridized carbons (Fsp3) is 0.222. The van der Waals surface area contributed by atoms with Crippen molar-refractivity contribution in [1.29, 1.82) is 0 Å². The Balaban J connectivity index is 1.43. The van der Waals surface area contributed by atoms with Crippen molar-refractivity contribution in [2.24, 2.45) is 0 Å². The van der Waals surface area contributed by atoms with Crippen molar-refractivity contribution in [2.45, 2.75) is 19.3 Å². The highest BCUT2D eigenvalue weighted by Crippen LogP contribution is 2.17. The first-order valence-electron chi connectivity index (χ1n) is 8.05. The van der Waals surface area contributed by atoms with Gasteiger partial charge in [0.25, 0.3) is 0 Å². The van der Waals surface area contributed by atoms with Gasteiger partial charge < -0.3 is 9.84 Å². The van der Waals surface area contributed by atoms with Gasteiger partial charge in [-0.05, 0) is 52.2 Å². The molecule has 1 amide bonds. The molecular weight excluding hydrogens is 403 g/mol. The third-order valence-electron chi connectivity index (χ3n) is 3.69. The molecule has 0 bridgehead atoms. The zero-order chi connectivity index (χ0) is 18.4. The molecule has 0 aliphatic carbocycles. The summed E-state index contributed by atoms with van der Waals surface area (Å²) in [5.74, 6) is 0.484. The lowest BCUT2D eigenvalue weighted by molar-refractivity contribution is -0.121. The number of nitrogens with zero attached hydrogens (tertiary/aromatic N) is 3. The number of aryl methyl sites for hydroxylation is 1. The Labute approximate surface area is 158 Å². The van der Waals surface area contributed by atoms with E-state index in [2.05, 4.69) is 36.4 Å². The molecule has 1 aromatic carbocycles. The van der Waals surface area contributed by atoms with E-state index in [9.17, 15) is 9.18 Å². The van der Waals surface area contributed by atoms with Crippen molar-refractivity contribution in [3.8, 4) is 11.4 Å². The van der Waals surface area contributed by atoms with Crippen LogP contribution in [0.1, 0.15) is 17.9 Å². The molecule has 3 rings (SSSR count). The number of pyridine rings is 1. The Morgan fingerprint density at radius 1 is 1.19 bits per heavy atom. The standard InChI is InChI=1S/C18H16BrFN4O2/c19-14-11-12(1-2-15(14)20)5-10-22-16(25)3-4-17-23-18(24-26-17)13-6-8-21-9-7-13/h1-2,6-9,11H,3-5,10H2,(H,22,25). The predicted octanol–water partition coefficient (Wildman–Crippen LogP) is 3.32. The quantitative estimate of drug-likeness (QED) is 0.636. The number of hydrogen-bond donors (Lipinski definition) is 1. The van der Waals surface area contributed by atoms with Crippen molar-refractivity contribution >= 4 is 21.8 Å². The van der Waals surface area contributed by atoms with Gasteiger partial charge in [0.2, 0.25) is 17.6 Å². The third kappa shape index (κ3) is 4.95. The Hall–Kier alpha value is -2.61. The van der Waals surface area contributed by atoms with E-state index < -0.39 is 0 Å². The van der Waals surface area contributed by atoms with Gasteiger partial charge in [0, 0.05) is 37.3 Å². The van der Waals surface area contributed by atoms with Crippen LogP contribution in [-0.4, -0.2) is 27.6 Å². The molecule has 0 unspecified atom stereocenters. The van der Waals surface area contributed by atoms with E-state index in [0.717, 1.165) is 11.1 Å². The molecule has 0 saturated heterocycles. The lowest BCUT2D eigenvalue weighted by Crippen LogP contribution is -2.25. The second-order valence-electron chi connectivity index (χ2n) is 5.60. The van der Waals surface area contributed by atoms with Gasteiger partial charge in [-0.2, -0.15) is 4.98 Å². The van der Waals surface area contributed by atoms with E-state index in [1.807, 2.05) is 0 Å². The Kier molecular flexibility index (Phi) is 6.06. The van der Waals surface area contributed by atoms with Crippen LogP contribution in [0.5, 0.6) is 0 Å². The Morgan fingerprint density at radius 3 is 2.77 bits per heavy atom. The Morgan fingerprint density at radius 2 is 2.00 bits per heavy atom. The van der Waals surface area contributed by atoms with Gasteiger partial charge in [-0.3, -0.25) is 9.78 Å². The molecule has 26 heavy (non-hydrogen) atoms. The van der Waals surface area contributed by atoms with Crippen LogP contribution < -0.4 is 5.32 Å². The van der Waals surface area contributed by atoms with Gasteiger partial charge in [-0.15, -0.1) is 0 Å². The summed E-state index contributed by atoms with van der Waals surface area (Å²) in [7, 11) is 0. The molecule has 0 saturated carbocycles. The summed E-state index contributed by atoms with van der Waals surface area (Å²) in [4.78, 5) is 20.1.